The molecule has 2 fully saturated rings. The molecule has 3 aromatic rings. The first-order chi connectivity index (χ1) is 16.5. The van der Waals surface area contributed by atoms with Gasteiger partial charge in [0, 0.05) is 68.5 Å². The Morgan fingerprint density at radius 2 is 1.85 bits per heavy atom. The Kier molecular flexibility index (Phi) is 6.65. The van der Waals surface area contributed by atoms with Gasteiger partial charge < -0.3 is 19.5 Å². The molecule has 2 aliphatic heterocycles. The first-order valence-corrected chi connectivity index (χ1v) is 12.1. The number of ether oxygens (including phenoxy) is 1. The zero-order chi connectivity index (χ0) is 23.5. The van der Waals surface area contributed by atoms with Crippen LogP contribution in [0.1, 0.15) is 17.5 Å². The number of nitrogens with one attached hydrogen (secondary N) is 1. The number of carbonyl (C=O) groups excluding carboxylic acids is 2. The molecule has 2 amide bonds. The zero-order valence-electron chi connectivity index (χ0n) is 19.7. The molecular weight excluding hydrogens is 428 g/mol. The summed E-state index contributed by atoms with van der Waals surface area (Å²) in [5.74, 6) is -0.383. The Labute approximate surface area is 200 Å². The summed E-state index contributed by atoms with van der Waals surface area (Å²) >= 11 is 0. The van der Waals surface area contributed by atoms with Gasteiger partial charge >= 0.3 is 0 Å². The van der Waals surface area contributed by atoms with Crippen molar-refractivity contribution in [1.29, 1.82) is 0 Å². The van der Waals surface area contributed by atoms with Gasteiger partial charge in [0.15, 0.2) is 0 Å². The molecule has 2 saturated heterocycles. The van der Waals surface area contributed by atoms with E-state index in [0.717, 1.165) is 61.5 Å². The molecule has 7 heteroatoms. The number of aromatic nitrogens is 1. The van der Waals surface area contributed by atoms with Crippen LogP contribution in [0.4, 0.5) is 5.69 Å². The second kappa shape index (κ2) is 9.99. The molecule has 178 valence electrons. The van der Waals surface area contributed by atoms with Gasteiger partial charge in [-0.3, -0.25) is 14.5 Å². The molecule has 2 aromatic carbocycles. The summed E-state index contributed by atoms with van der Waals surface area (Å²) in [6, 6.07) is 16.3. The summed E-state index contributed by atoms with van der Waals surface area (Å²) in [7, 11) is 0. The number of rotatable bonds is 7. The first kappa shape index (κ1) is 22.6. The molecule has 0 saturated carbocycles. The number of hydrogen-bond donors (Lipinski definition) is 1. The largest absolute Gasteiger partial charge is 0.379 e. The summed E-state index contributed by atoms with van der Waals surface area (Å²) in [6.45, 7) is 8.58. The molecule has 5 rings (SSSR count). The predicted octanol–water partition coefficient (Wildman–Crippen LogP) is 3.27. The second-order valence-corrected chi connectivity index (χ2v) is 9.39. The van der Waals surface area contributed by atoms with Crippen LogP contribution in [0.5, 0.6) is 0 Å². The fourth-order valence-electron chi connectivity index (χ4n) is 4.81. The van der Waals surface area contributed by atoms with Crippen LogP contribution in [0.25, 0.3) is 10.9 Å². The quantitative estimate of drug-likeness (QED) is 0.588. The third-order valence-corrected chi connectivity index (χ3v) is 6.88. The van der Waals surface area contributed by atoms with Gasteiger partial charge in [0.1, 0.15) is 0 Å². The number of hydrogen-bond acceptors (Lipinski definition) is 4. The van der Waals surface area contributed by atoms with Crippen molar-refractivity contribution in [1.82, 2.24) is 14.4 Å². The maximum Gasteiger partial charge on any atom is 0.229 e. The predicted molar refractivity (Wildman–Crippen MR) is 133 cm³/mol. The van der Waals surface area contributed by atoms with Crippen molar-refractivity contribution >= 4 is 28.4 Å². The second-order valence-electron chi connectivity index (χ2n) is 9.39. The van der Waals surface area contributed by atoms with E-state index in [1.807, 2.05) is 43.3 Å². The normalized spacial score (nSPS) is 19.1. The van der Waals surface area contributed by atoms with Crippen LogP contribution in [0.3, 0.4) is 0 Å². The number of amides is 2. The van der Waals surface area contributed by atoms with Crippen molar-refractivity contribution in [2.24, 2.45) is 5.92 Å². The smallest absolute Gasteiger partial charge is 0.229 e. The summed E-state index contributed by atoms with van der Waals surface area (Å²) in [5, 5.41) is 4.13. The fraction of sp³-hybridized carbons (Fsp3) is 0.407. The third kappa shape index (κ3) is 5.16. The molecule has 0 bridgehead atoms. The highest BCUT2D eigenvalue weighted by Gasteiger charge is 2.34. The number of carbonyl (C=O) groups is 2. The molecule has 0 aliphatic carbocycles. The van der Waals surface area contributed by atoms with E-state index in [1.165, 1.54) is 5.56 Å². The number of nitrogens with zero attached hydrogens (tertiary/aromatic N) is 3. The van der Waals surface area contributed by atoms with Crippen molar-refractivity contribution in [3.8, 4) is 0 Å². The average molecular weight is 461 g/mol. The van der Waals surface area contributed by atoms with E-state index in [-0.39, 0.29) is 24.2 Å². The monoisotopic (exact) mass is 460 g/mol. The standard InChI is InChI=1S/C27H32N4O3/c1-20-2-4-21(5-3-20)18-31-19-23(17-26(31)32)27(33)28-24-6-7-25-22(16-24)8-9-30(25)11-10-29-12-14-34-15-13-29/h2-9,16,23H,10-15,17-19H2,1H3,(H,28,33). The number of morpholine rings is 1. The van der Waals surface area contributed by atoms with Gasteiger partial charge in [-0.2, -0.15) is 0 Å². The van der Waals surface area contributed by atoms with Crippen LogP contribution in [0.15, 0.2) is 54.7 Å². The van der Waals surface area contributed by atoms with Gasteiger partial charge in [-0.1, -0.05) is 29.8 Å². The molecular formula is C27H32N4O3. The van der Waals surface area contributed by atoms with Crippen molar-refractivity contribution in [2.75, 3.05) is 44.7 Å². The SMILES string of the molecule is Cc1ccc(CN2CC(C(=O)Nc3ccc4c(ccn4CCN4CCOCC4)c3)CC2=O)cc1. The van der Waals surface area contributed by atoms with Crippen LogP contribution in [0, 0.1) is 12.8 Å². The van der Waals surface area contributed by atoms with Crippen LogP contribution >= 0.6 is 0 Å². The Balaban J connectivity index is 1.18. The van der Waals surface area contributed by atoms with Crippen molar-refractivity contribution < 1.29 is 14.3 Å². The lowest BCUT2D eigenvalue weighted by Gasteiger charge is -2.26. The average Bonchev–Trinajstić information content (AvgIpc) is 3.42. The Morgan fingerprint density at radius 1 is 1.06 bits per heavy atom. The summed E-state index contributed by atoms with van der Waals surface area (Å²) in [6.07, 6.45) is 2.37. The molecule has 0 spiro atoms. The van der Waals surface area contributed by atoms with E-state index in [1.54, 1.807) is 4.90 Å². The minimum atomic E-state index is -0.327. The third-order valence-electron chi connectivity index (χ3n) is 6.88. The van der Waals surface area contributed by atoms with E-state index in [2.05, 4.69) is 33.1 Å². The fourth-order valence-corrected chi connectivity index (χ4v) is 4.81. The molecule has 2 aliphatic rings. The zero-order valence-corrected chi connectivity index (χ0v) is 19.7. The lowest BCUT2D eigenvalue weighted by Crippen LogP contribution is -2.38. The molecule has 1 unspecified atom stereocenters. The first-order valence-electron chi connectivity index (χ1n) is 12.1. The van der Waals surface area contributed by atoms with Gasteiger partial charge in [-0.25, -0.2) is 0 Å². The molecule has 7 nitrogen and oxygen atoms in total. The Bertz CT molecular complexity index is 1160. The highest BCUT2D eigenvalue weighted by Crippen LogP contribution is 2.24. The molecule has 3 heterocycles. The topological polar surface area (TPSA) is 66.8 Å². The summed E-state index contributed by atoms with van der Waals surface area (Å²) in [5.41, 5.74) is 4.21. The van der Waals surface area contributed by atoms with E-state index in [9.17, 15) is 9.59 Å². The van der Waals surface area contributed by atoms with Crippen LogP contribution in [-0.4, -0.2) is 65.6 Å². The number of fused-ring (bicyclic) bond motifs is 1. The van der Waals surface area contributed by atoms with Crippen molar-refractivity contribution in [3.05, 3.63) is 65.9 Å². The van der Waals surface area contributed by atoms with Crippen LogP contribution in [0.2, 0.25) is 0 Å². The number of benzene rings is 2. The van der Waals surface area contributed by atoms with Gasteiger partial charge in [0.2, 0.25) is 11.8 Å². The van der Waals surface area contributed by atoms with Gasteiger partial charge in [-0.05, 0) is 36.8 Å². The summed E-state index contributed by atoms with van der Waals surface area (Å²) in [4.78, 5) is 29.6. The Hall–Kier alpha value is -3.16. The number of aryl methyl sites for hydroxylation is 1. The van der Waals surface area contributed by atoms with Crippen LogP contribution < -0.4 is 5.32 Å². The minimum Gasteiger partial charge on any atom is -0.379 e. The number of anilines is 1. The van der Waals surface area contributed by atoms with Gasteiger partial charge in [0.05, 0.1) is 19.1 Å². The number of likely N-dealkylation sites (tertiary alicyclic amines) is 1. The molecule has 34 heavy (non-hydrogen) atoms. The van der Waals surface area contributed by atoms with Crippen molar-refractivity contribution in [2.45, 2.75) is 26.4 Å². The maximum absolute atomic E-state index is 12.9. The highest BCUT2D eigenvalue weighted by atomic mass is 16.5. The van der Waals surface area contributed by atoms with Crippen molar-refractivity contribution in [3.63, 3.8) is 0 Å². The lowest BCUT2D eigenvalue weighted by molar-refractivity contribution is -0.128. The van der Waals surface area contributed by atoms with E-state index in [0.29, 0.717) is 13.1 Å². The van der Waals surface area contributed by atoms with E-state index < -0.39 is 0 Å². The molecule has 0 radical (unpaired) electrons. The maximum atomic E-state index is 12.9. The van der Waals surface area contributed by atoms with Gasteiger partial charge in [0.25, 0.3) is 0 Å². The lowest BCUT2D eigenvalue weighted by atomic mass is 10.1. The molecule has 1 atom stereocenters. The molecule has 1 N–H and O–H groups in total. The Morgan fingerprint density at radius 3 is 2.65 bits per heavy atom. The highest BCUT2D eigenvalue weighted by molar-refractivity contribution is 5.98. The molecule has 1 aromatic heterocycles. The van der Waals surface area contributed by atoms with E-state index >= 15 is 0 Å². The van der Waals surface area contributed by atoms with Gasteiger partial charge in [-0.15, -0.1) is 0 Å². The summed E-state index contributed by atoms with van der Waals surface area (Å²) < 4.78 is 7.69. The van der Waals surface area contributed by atoms with E-state index in [4.69, 9.17) is 4.74 Å². The minimum absolute atomic E-state index is 0.0357. The van der Waals surface area contributed by atoms with Crippen LogP contribution in [-0.2, 0) is 27.4 Å².